The van der Waals surface area contributed by atoms with Gasteiger partial charge in [0.15, 0.2) is 17.1 Å². The second-order valence-corrected chi connectivity index (χ2v) is 10.7. The molecule has 3 aromatic carbocycles. The lowest BCUT2D eigenvalue weighted by molar-refractivity contribution is -0.160. The summed E-state index contributed by atoms with van der Waals surface area (Å²) in [5.74, 6) is -1.05. The Morgan fingerprint density at radius 1 is 0.949 bits per heavy atom. The third kappa shape index (κ3) is 5.29. The number of rotatable bonds is 7. The molecule has 5 nitrogen and oxygen atoms in total. The number of benzene rings is 3. The van der Waals surface area contributed by atoms with Crippen LogP contribution in [0.15, 0.2) is 89.2 Å². The molecule has 0 saturated carbocycles. The van der Waals surface area contributed by atoms with Crippen LogP contribution in [0.5, 0.6) is 0 Å². The number of ether oxygens (including phenoxy) is 1. The fourth-order valence-corrected chi connectivity index (χ4v) is 5.69. The first-order valence-electron chi connectivity index (χ1n) is 13.4. The van der Waals surface area contributed by atoms with Gasteiger partial charge in [0.05, 0.1) is 12.5 Å². The van der Waals surface area contributed by atoms with Crippen molar-refractivity contribution in [3.63, 3.8) is 0 Å². The van der Waals surface area contributed by atoms with Gasteiger partial charge in [-0.3, -0.25) is 4.79 Å². The van der Waals surface area contributed by atoms with Crippen molar-refractivity contribution in [3.8, 4) is 0 Å². The number of carbonyl (C=O) groups excluding carboxylic acids is 1. The third-order valence-corrected chi connectivity index (χ3v) is 7.42. The molecular weight excluding hydrogens is 498 g/mol. The molecule has 0 bridgehead atoms. The van der Waals surface area contributed by atoms with Gasteiger partial charge in [-0.25, -0.2) is 8.78 Å². The molecule has 2 heterocycles. The quantitative estimate of drug-likeness (QED) is 0.262. The van der Waals surface area contributed by atoms with Crippen molar-refractivity contribution in [3.05, 3.63) is 107 Å². The van der Waals surface area contributed by atoms with E-state index >= 15 is 0 Å². The number of aryl methyl sites for hydroxylation is 1. The SMILES string of the molecule is Cc1ccc([N+]2(c3ccc(F)cc3)N=C(c3ccc(F)cc3)C(CCC3CC(O)CC(=O)O3)=C2C(C)C)cc1. The van der Waals surface area contributed by atoms with Crippen LogP contribution >= 0.6 is 0 Å². The van der Waals surface area contributed by atoms with Crippen LogP contribution in [-0.2, 0) is 9.53 Å². The van der Waals surface area contributed by atoms with E-state index in [1.54, 1.807) is 24.3 Å². The highest BCUT2D eigenvalue weighted by Crippen LogP contribution is 2.49. The van der Waals surface area contributed by atoms with Gasteiger partial charge in [-0.05, 0) is 56.2 Å². The van der Waals surface area contributed by atoms with Crippen molar-refractivity contribution >= 4 is 23.1 Å². The van der Waals surface area contributed by atoms with Gasteiger partial charge in [0, 0.05) is 47.7 Å². The summed E-state index contributed by atoms with van der Waals surface area (Å²) in [5.41, 5.74) is 6.23. The smallest absolute Gasteiger partial charge is 0.308 e. The van der Waals surface area contributed by atoms with E-state index in [-0.39, 0.29) is 28.6 Å². The summed E-state index contributed by atoms with van der Waals surface area (Å²) >= 11 is 0. The summed E-state index contributed by atoms with van der Waals surface area (Å²) in [6.45, 7) is 6.23. The molecular formula is C32H33F2N2O3+. The Balaban J connectivity index is 1.72. The Morgan fingerprint density at radius 2 is 1.51 bits per heavy atom. The van der Waals surface area contributed by atoms with Crippen molar-refractivity contribution in [1.82, 2.24) is 4.59 Å². The van der Waals surface area contributed by atoms with E-state index in [4.69, 9.17) is 9.84 Å². The Bertz CT molecular complexity index is 1370. The normalized spacial score (nSPS) is 23.3. The first kappa shape index (κ1) is 26.9. The van der Waals surface area contributed by atoms with E-state index in [9.17, 15) is 18.7 Å². The Morgan fingerprint density at radius 3 is 2.08 bits per heavy atom. The number of halogens is 2. The molecule has 1 saturated heterocycles. The molecule has 3 atom stereocenters. The summed E-state index contributed by atoms with van der Waals surface area (Å²) in [7, 11) is 0. The Labute approximate surface area is 227 Å². The number of allylic oxidation sites excluding steroid dienone is 2. The van der Waals surface area contributed by atoms with Crippen LogP contribution < -0.4 is 4.59 Å². The van der Waals surface area contributed by atoms with Crippen LogP contribution in [0.4, 0.5) is 20.2 Å². The zero-order chi connectivity index (χ0) is 27.7. The molecule has 1 fully saturated rings. The minimum atomic E-state index is -0.717. The summed E-state index contributed by atoms with van der Waals surface area (Å²) in [4.78, 5) is 12.0. The highest BCUT2D eigenvalue weighted by molar-refractivity contribution is 6.15. The molecule has 2 aliphatic rings. The maximum Gasteiger partial charge on any atom is 0.308 e. The van der Waals surface area contributed by atoms with E-state index in [0.717, 1.165) is 33.8 Å². The summed E-state index contributed by atoms with van der Waals surface area (Å²) in [6, 6.07) is 20.8. The van der Waals surface area contributed by atoms with Crippen LogP contribution in [0.25, 0.3) is 0 Å². The maximum atomic E-state index is 14.1. The topological polar surface area (TPSA) is 58.9 Å². The number of hydrogen-bond donors (Lipinski definition) is 1. The Kier molecular flexibility index (Phi) is 7.47. The van der Waals surface area contributed by atoms with Gasteiger partial charge in [0.1, 0.15) is 23.5 Å². The van der Waals surface area contributed by atoms with Gasteiger partial charge >= 0.3 is 5.97 Å². The summed E-state index contributed by atoms with van der Waals surface area (Å²) in [6.07, 6.45) is 0.300. The highest BCUT2D eigenvalue weighted by atomic mass is 19.1. The molecule has 0 amide bonds. The highest BCUT2D eigenvalue weighted by Gasteiger charge is 2.49. The van der Waals surface area contributed by atoms with E-state index < -0.39 is 18.2 Å². The molecule has 2 aliphatic heterocycles. The molecule has 202 valence electrons. The van der Waals surface area contributed by atoms with Gasteiger partial charge in [-0.15, -0.1) is 4.59 Å². The number of cyclic esters (lactones) is 1. The maximum absolute atomic E-state index is 14.1. The number of aliphatic hydroxyl groups excluding tert-OH is 1. The number of nitrogens with zero attached hydrogens (tertiary/aromatic N) is 2. The van der Waals surface area contributed by atoms with E-state index in [1.807, 2.05) is 31.2 Å². The van der Waals surface area contributed by atoms with Crippen LogP contribution in [0.3, 0.4) is 0 Å². The zero-order valence-corrected chi connectivity index (χ0v) is 22.4. The lowest BCUT2D eigenvalue weighted by Crippen LogP contribution is -2.38. The molecule has 0 aromatic heterocycles. The number of esters is 1. The van der Waals surface area contributed by atoms with Gasteiger partial charge in [-0.1, -0.05) is 36.6 Å². The van der Waals surface area contributed by atoms with Crippen molar-refractivity contribution in [2.75, 3.05) is 0 Å². The second kappa shape index (κ2) is 10.8. The van der Waals surface area contributed by atoms with E-state index in [0.29, 0.717) is 25.0 Å². The van der Waals surface area contributed by atoms with Gasteiger partial charge in [0.25, 0.3) is 0 Å². The average molecular weight is 532 g/mol. The third-order valence-electron chi connectivity index (χ3n) is 7.42. The molecule has 7 heteroatoms. The minimum Gasteiger partial charge on any atom is -0.462 e. The minimum absolute atomic E-state index is 0.0106. The number of hydrogen-bond acceptors (Lipinski definition) is 4. The lowest BCUT2D eigenvalue weighted by Gasteiger charge is -2.32. The molecule has 0 radical (unpaired) electrons. The van der Waals surface area contributed by atoms with Crippen molar-refractivity contribution in [2.45, 2.75) is 58.7 Å². The predicted molar refractivity (Wildman–Crippen MR) is 148 cm³/mol. The predicted octanol–water partition coefficient (Wildman–Crippen LogP) is 7.09. The zero-order valence-electron chi connectivity index (χ0n) is 22.4. The lowest BCUT2D eigenvalue weighted by atomic mass is 9.90. The van der Waals surface area contributed by atoms with Crippen LogP contribution in [0.1, 0.15) is 50.7 Å². The van der Waals surface area contributed by atoms with Crippen LogP contribution in [0, 0.1) is 24.5 Å². The van der Waals surface area contributed by atoms with Crippen molar-refractivity contribution in [1.29, 1.82) is 0 Å². The first-order valence-corrected chi connectivity index (χ1v) is 13.4. The number of aliphatic hydroxyl groups is 1. The van der Waals surface area contributed by atoms with Gasteiger partial charge in [0.2, 0.25) is 0 Å². The molecule has 0 spiro atoms. The second-order valence-electron chi connectivity index (χ2n) is 10.7. The van der Waals surface area contributed by atoms with Crippen molar-refractivity contribution in [2.24, 2.45) is 11.0 Å². The summed E-state index contributed by atoms with van der Waals surface area (Å²) < 4.78 is 33.6. The van der Waals surface area contributed by atoms with Crippen LogP contribution in [-0.4, -0.2) is 29.0 Å². The van der Waals surface area contributed by atoms with Crippen LogP contribution in [0.2, 0.25) is 0 Å². The largest absolute Gasteiger partial charge is 0.462 e. The van der Waals surface area contributed by atoms with E-state index in [2.05, 4.69) is 13.8 Å². The molecule has 0 aliphatic carbocycles. The fraction of sp³-hybridized carbons (Fsp3) is 0.312. The molecule has 3 aromatic rings. The number of quaternary nitrogens is 1. The molecule has 39 heavy (non-hydrogen) atoms. The van der Waals surface area contributed by atoms with E-state index in [1.165, 1.54) is 24.3 Å². The van der Waals surface area contributed by atoms with Gasteiger partial charge in [-0.2, -0.15) is 0 Å². The first-order chi connectivity index (χ1) is 18.7. The number of carbonyl (C=O) groups is 1. The van der Waals surface area contributed by atoms with Gasteiger partial charge < -0.3 is 9.84 Å². The molecule has 3 unspecified atom stereocenters. The molecule has 1 N–H and O–H groups in total. The fourth-order valence-electron chi connectivity index (χ4n) is 5.69. The molecule has 5 rings (SSSR count). The summed E-state index contributed by atoms with van der Waals surface area (Å²) in [5, 5.41) is 15.5. The monoisotopic (exact) mass is 531 g/mol. The standard InChI is InChI=1S/C32H33F2N2O3/c1-20(2)32-29(17-16-28-18-27(37)19-30(38)39-28)31(22-6-8-23(33)9-7-22)35-36(32,25-12-4-21(3)5-13-25)26-14-10-24(34)11-15-26/h4-15,20,27-28,37H,16-19H2,1-3H3/q+1. The average Bonchev–Trinajstić information content (AvgIpc) is 3.24. The van der Waals surface area contributed by atoms with Crippen molar-refractivity contribution < 1.29 is 23.4 Å². The Hall–Kier alpha value is -3.68.